The molecule has 0 spiro atoms. The Kier molecular flexibility index (Phi) is 5.67. The minimum absolute atomic E-state index is 0.146. The molecule has 3 rings (SSSR count). The molecule has 4 nitrogen and oxygen atoms in total. The number of hydrogen-bond donors (Lipinski definition) is 2. The SMILES string of the molecule is C[C@@H](NC(=S)Nc1ccccc1)c1ccc(N2CCOCC2)cc1. The van der Waals surface area contributed by atoms with Crippen molar-refractivity contribution in [3.05, 3.63) is 60.2 Å². The van der Waals surface area contributed by atoms with Gasteiger partial charge in [-0.25, -0.2) is 0 Å². The molecule has 126 valence electrons. The van der Waals surface area contributed by atoms with Crippen molar-refractivity contribution in [3.63, 3.8) is 0 Å². The van der Waals surface area contributed by atoms with E-state index in [1.54, 1.807) is 0 Å². The Bertz CT molecular complexity index is 654. The van der Waals surface area contributed by atoms with Crippen molar-refractivity contribution >= 4 is 28.7 Å². The summed E-state index contributed by atoms with van der Waals surface area (Å²) in [6.45, 7) is 5.64. The van der Waals surface area contributed by atoms with E-state index < -0.39 is 0 Å². The molecule has 0 radical (unpaired) electrons. The molecular formula is C19H23N3OS. The fraction of sp³-hybridized carbons (Fsp3) is 0.316. The van der Waals surface area contributed by atoms with Crippen molar-refractivity contribution in [3.8, 4) is 0 Å². The Balaban J connectivity index is 1.56. The summed E-state index contributed by atoms with van der Waals surface area (Å²) >= 11 is 5.40. The van der Waals surface area contributed by atoms with Gasteiger partial charge in [-0.1, -0.05) is 30.3 Å². The van der Waals surface area contributed by atoms with Crippen LogP contribution in [0.5, 0.6) is 0 Å². The Morgan fingerprint density at radius 1 is 1.04 bits per heavy atom. The Labute approximate surface area is 148 Å². The van der Waals surface area contributed by atoms with Gasteiger partial charge in [0.05, 0.1) is 19.3 Å². The molecule has 0 saturated carbocycles. The minimum Gasteiger partial charge on any atom is -0.378 e. The molecule has 2 aromatic carbocycles. The Hall–Kier alpha value is -2.11. The van der Waals surface area contributed by atoms with Crippen LogP contribution in [0.15, 0.2) is 54.6 Å². The molecule has 1 atom stereocenters. The second-order valence-corrected chi connectivity index (χ2v) is 6.29. The first-order valence-corrected chi connectivity index (χ1v) is 8.68. The fourth-order valence-electron chi connectivity index (χ4n) is 2.76. The van der Waals surface area contributed by atoms with Gasteiger partial charge in [0.2, 0.25) is 0 Å². The van der Waals surface area contributed by atoms with Crippen LogP contribution >= 0.6 is 12.2 Å². The summed E-state index contributed by atoms with van der Waals surface area (Å²) < 4.78 is 5.40. The van der Waals surface area contributed by atoms with E-state index in [0.717, 1.165) is 32.0 Å². The molecule has 0 aromatic heterocycles. The maximum atomic E-state index is 5.40. The van der Waals surface area contributed by atoms with Gasteiger partial charge in [-0.3, -0.25) is 0 Å². The van der Waals surface area contributed by atoms with Crippen LogP contribution in [0.1, 0.15) is 18.5 Å². The minimum atomic E-state index is 0.146. The number of anilines is 2. The van der Waals surface area contributed by atoms with Gasteiger partial charge in [-0.2, -0.15) is 0 Å². The van der Waals surface area contributed by atoms with Crippen LogP contribution in [-0.4, -0.2) is 31.4 Å². The lowest BCUT2D eigenvalue weighted by Gasteiger charge is -2.29. The van der Waals surface area contributed by atoms with Gasteiger partial charge in [-0.05, 0) is 49.0 Å². The second kappa shape index (κ2) is 8.13. The maximum Gasteiger partial charge on any atom is 0.171 e. The normalized spacial score (nSPS) is 15.6. The van der Waals surface area contributed by atoms with E-state index >= 15 is 0 Å². The first-order valence-electron chi connectivity index (χ1n) is 8.27. The number of nitrogens with zero attached hydrogens (tertiary/aromatic N) is 1. The summed E-state index contributed by atoms with van der Waals surface area (Å²) in [7, 11) is 0. The zero-order valence-electron chi connectivity index (χ0n) is 13.9. The van der Waals surface area contributed by atoms with Gasteiger partial charge < -0.3 is 20.3 Å². The lowest BCUT2D eigenvalue weighted by atomic mass is 10.1. The third-order valence-corrected chi connectivity index (χ3v) is 4.37. The first kappa shape index (κ1) is 16.7. The van der Waals surface area contributed by atoms with E-state index in [1.807, 2.05) is 30.3 Å². The van der Waals surface area contributed by atoms with E-state index in [9.17, 15) is 0 Å². The quantitative estimate of drug-likeness (QED) is 0.832. The predicted octanol–water partition coefficient (Wildman–Crippen LogP) is 3.57. The highest BCUT2D eigenvalue weighted by molar-refractivity contribution is 7.80. The van der Waals surface area contributed by atoms with Gasteiger partial charge in [0, 0.05) is 24.5 Å². The van der Waals surface area contributed by atoms with E-state index in [4.69, 9.17) is 17.0 Å². The molecule has 0 unspecified atom stereocenters. The van der Waals surface area contributed by atoms with Crippen molar-refractivity contribution in [1.82, 2.24) is 5.32 Å². The number of morpholine rings is 1. The molecule has 0 aliphatic carbocycles. The first-order chi connectivity index (χ1) is 11.7. The van der Waals surface area contributed by atoms with E-state index in [0.29, 0.717) is 5.11 Å². The maximum absolute atomic E-state index is 5.40. The van der Waals surface area contributed by atoms with Gasteiger partial charge in [0.15, 0.2) is 5.11 Å². The number of ether oxygens (including phenoxy) is 1. The molecule has 24 heavy (non-hydrogen) atoms. The third-order valence-electron chi connectivity index (χ3n) is 4.15. The molecule has 0 bridgehead atoms. The largest absolute Gasteiger partial charge is 0.378 e. The number of rotatable bonds is 4. The molecule has 1 heterocycles. The van der Waals surface area contributed by atoms with Gasteiger partial charge in [-0.15, -0.1) is 0 Å². The van der Waals surface area contributed by atoms with E-state index in [-0.39, 0.29) is 6.04 Å². The second-order valence-electron chi connectivity index (χ2n) is 5.88. The van der Waals surface area contributed by atoms with Crippen LogP contribution in [-0.2, 0) is 4.74 Å². The monoisotopic (exact) mass is 341 g/mol. The standard InChI is InChI=1S/C19H23N3OS/c1-15(20-19(24)21-17-5-3-2-4-6-17)16-7-9-18(10-8-16)22-11-13-23-14-12-22/h2-10,15H,11-14H2,1H3,(H2,20,21,24)/t15-/m1/s1. The average molecular weight is 341 g/mol. The smallest absolute Gasteiger partial charge is 0.171 e. The van der Waals surface area contributed by atoms with Gasteiger partial charge in [0.1, 0.15) is 0 Å². The molecule has 1 aliphatic heterocycles. The van der Waals surface area contributed by atoms with Crippen LogP contribution in [0.3, 0.4) is 0 Å². The van der Waals surface area contributed by atoms with Crippen LogP contribution < -0.4 is 15.5 Å². The van der Waals surface area contributed by atoms with Gasteiger partial charge in [0.25, 0.3) is 0 Å². The molecule has 2 N–H and O–H groups in total. The summed E-state index contributed by atoms with van der Waals surface area (Å²) in [6, 6.07) is 18.8. The highest BCUT2D eigenvalue weighted by atomic mass is 32.1. The number of thiocarbonyl (C=S) groups is 1. The molecular weight excluding hydrogens is 318 g/mol. The number of hydrogen-bond acceptors (Lipinski definition) is 3. The van der Waals surface area contributed by atoms with Crippen molar-refractivity contribution < 1.29 is 4.74 Å². The molecule has 2 aromatic rings. The van der Waals surface area contributed by atoms with E-state index in [1.165, 1.54) is 11.3 Å². The number of benzene rings is 2. The average Bonchev–Trinajstić information content (AvgIpc) is 2.63. The summed E-state index contributed by atoms with van der Waals surface area (Å²) in [4.78, 5) is 2.35. The zero-order valence-corrected chi connectivity index (χ0v) is 14.7. The number of nitrogens with one attached hydrogen (secondary N) is 2. The highest BCUT2D eigenvalue weighted by Crippen LogP contribution is 2.20. The molecule has 0 amide bonds. The van der Waals surface area contributed by atoms with E-state index in [2.05, 4.69) is 46.7 Å². The van der Waals surface area contributed by atoms with Gasteiger partial charge >= 0.3 is 0 Å². The van der Waals surface area contributed by atoms with Crippen molar-refractivity contribution in [2.75, 3.05) is 36.5 Å². The molecule has 1 aliphatic rings. The van der Waals surface area contributed by atoms with Crippen molar-refractivity contribution in [2.45, 2.75) is 13.0 Å². The fourth-order valence-corrected chi connectivity index (χ4v) is 3.06. The zero-order chi connectivity index (χ0) is 16.8. The molecule has 1 saturated heterocycles. The third kappa shape index (κ3) is 4.46. The molecule has 1 fully saturated rings. The lowest BCUT2D eigenvalue weighted by Crippen LogP contribution is -2.36. The Morgan fingerprint density at radius 2 is 1.71 bits per heavy atom. The summed E-state index contributed by atoms with van der Waals surface area (Å²) in [5.74, 6) is 0. The van der Waals surface area contributed by atoms with Crippen LogP contribution in [0.4, 0.5) is 11.4 Å². The van der Waals surface area contributed by atoms with Crippen LogP contribution in [0, 0.1) is 0 Å². The summed E-state index contributed by atoms with van der Waals surface area (Å²) in [5, 5.41) is 7.16. The Morgan fingerprint density at radius 3 is 2.38 bits per heavy atom. The van der Waals surface area contributed by atoms with Crippen LogP contribution in [0.2, 0.25) is 0 Å². The topological polar surface area (TPSA) is 36.5 Å². The summed E-state index contributed by atoms with van der Waals surface area (Å²) in [5.41, 5.74) is 3.45. The highest BCUT2D eigenvalue weighted by Gasteiger charge is 2.12. The predicted molar refractivity (Wildman–Crippen MR) is 104 cm³/mol. The molecule has 5 heteroatoms. The lowest BCUT2D eigenvalue weighted by molar-refractivity contribution is 0.122. The summed E-state index contributed by atoms with van der Waals surface area (Å²) in [6.07, 6.45) is 0. The number of para-hydroxylation sites is 1. The van der Waals surface area contributed by atoms with Crippen LogP contribution in [0.25, 0.3) is 0 Å². The van der Waals surface area contributed by atoms with Crippen molar-refractivity contribution in [1.29, 1.82) is 0 Å². The van der Waals surface area contributed by atoms with Crippen molar-refractivity contribution in [2.24, 2.45) is 0 Å².